The summed E-state index contributed by atoms with van der Waals surface area (Å²) in [6.07, 6.45) is 3.00. The number of nitrogens with zero attached hydrogens (tertiary/aromatic N) is 2. The number of piperidine rings is 1. The highest BCUT2D eigenvalue weighted by Gasteiger charge is 2.25. The molecule has 1 amide bonds. The minimum absolute atomic E-state index is 0.0283. The molecule has 12 heteroatoms. The fraction of sp³-hybridized carbons (Fsp3) is 0.296. The monoisotopic (exact) mass is 572 g/mol. The fourth-order valence-corrected chi connectivity index (χ4v) is 6.55. The average Bonchev–Trinajstić information content (AvgIpc) is 2.93. The van der Waals surface area contributed by atoms with E-state index in [-0.39, 0.29) is 21.0 Å². The van der Waals surface area contributed by atoms with E-state index in [1.54, 1.807) is 36.4 Å². The zero-order chi connectivity index (χ0) is 28.2. The number of anilines is 3. The van der Waals surface area contributed by atoms with Gasteiger partial charge in [0, 0.05) is 38.4 Å². The first kappa shape index (κ1) is 28.4. The van der Waals surface area contributed by atoms with Crippen LogP contribution < -0.4 is 19.7 Å². The third kappa shape index (κ3) is 6.35. The predicted molar refractivity (Wildman–Crippen MR) is 152 cm³/mol. The lowest BCUT2D eigenvalue weighted by atomic mass is 10.1. The van der Waals surface area contributed by atoms with Crippen molar-refractivity contribution in [3.8, 4) is 5.75 Å². The molecule has 208 valence electrons. The van der Waals surface area contributed by atoms with Crippen LogP contribution in [0.3, 0.4) is 0 Å². The molecule has 10 nitrogen and oxygen atoms in total. The fourth-order valence-electron chi connectivity index (χ4n) is 4.32. The molecule has 3 aromatic rings. The average molecular weight is 573 g/mol. The molecule has 0 aliphatic carbocycles. The maximum absolute atomic E-state index is 13.7. The summed E-state index contributed by atoms with van der Waals surface area (Å²) >= 11 is 0. The molecule has 0 saturated carbocycles. The van der Waals surface area contributed by atoms with E-state index < -0.39 is 26.0 Å². The van der Waals surface area contributed by atoms with Gasteiger partial charge in [0.05, 0.1) is 23.4 Å². The molecular formula is C27H32N4O6S2. The van der Waals surface area contributed by atoms with Gasteiger partial charge in [0.1, 0.15) is 10.6 Å². The van der Waals surface area contributed by atoms with Gasteiger partial charge in [0.15, 0.2) is 0 Å². The number of methoxy groups -OCH3 is 1. The highest BCUT2D eigenvalue weighted by atomic mass is 32.2. The van der Waals surface area contributed by atoms with Crippen molar-refractivity contribution >= 4 is 43.0 Å². The second-order valence-electron chi connectivity index (χ2n) is 9.30. The van der Waals surface area contributed by atoms with Crippen molar-refractivity contribution in [1.82, 2.24) is 4.31 Å². The number of hydrogen-bond donors (Lipinski definition) is 2. The normalized spacial score (nSPS) is 14.2. The van der Waals surface area contributed by atoms with E-state index in [0.717, 1.165) is 36.7 Å². The summed E-state index contributed by atoms with van der Waals surface area (Å²) < 4.78 is 61.0. The Morgan fingerprint density at radius 1 is 0.897 bits per heavy atom. The van der Waals surface area contributed by atoms with Gasteiger partial charge in [0.25, 0.3) is 15.9 Å². The van der Waals surface area contributed by atoms with Crippen LogP contribution in [0, 0.1) is 0 Å². The maximum Gasteiger partial charge on any atom is 0.264 e. The van der Waals surface area contributed by atoms with Crippen molar-refractivity contribution in [3.05, 3.63) is 72.3 Å². The quantitative estimate of drug-likeness (QED) is 0.397. The molecule has 0 atom stereocenters. The number of carbonyl (C=O) groups is 1. The molecule has 1 heterocycles. The van der Waals surface area contributed by atoms with Crippen molar-refractivity contribution in [2.24, 2.45) is 0 Å². The maximum atomic E-state index is 13.7. The summed E-state index contributed by atoms with van der Waals surface area (Å²) in [7, 11) is -3.39. The number of rotatable bonds is 9. The molecule has 1 saturated heterocycles. The molecule has 39 heavy (non-hydrogen) atoms. The van der Waals surface area contributed by atoms with Gasteiger partial charge in [-0.15, -0.1) is 0 Å². The first-order chi connectivity index (χ1) is 18.5. The summed E-state index contributed by atoms with van der Waals surface area (Å²) in [6, 6.07) is 17.1. The predicted octanol–water partition coefficient (Wildman–Crippen LogP) is 3.99. The number of carbonyl (C=O) groups excluding carboxylic acids is 1. The van der Waals surface area contributed by atoms with Crippen LogP contribution in [0.2, 0.25) is 0 Å². The van der Waals surface area contributed by atoms with Crippen molar-refractivity contribution in [2.45, 2.75) is 29.1 Å². The molecule has 0 unspecified atom stereocenters. The standard InChI is InChI=1S/C27H32N4O6S2/c1-30(2)39(35,36)22-14-11-20(12-15-22)27(32)28-21-13-16-24(31-17-7-4-8-18-31)26(19-21)38(33,34)29-23-9-5-6-10-25(23)37-3/h5-6,9-16,19,29H,4,7-8,17-18H2,1-3H3,(H,28,32). The first-order valence-electron chi connectivity index (χ1n) is 12.4. The molecule has 0 radical (unpaired) electrons. The van der Waals surface area contributed by atoms with Crippen LogP contribution in [0.5, 0.6) is 5.75 Å². The Bertz CT molecular complexity index is 1550. The Balaban J connectivity index is 1.65. The molecule has 4 rings (SSSR count). The van der Waals surface area contributed by atoms with Gasteiger partial charge in [-0.05, 0) is 73.9 Å². The van der Waals surface area contributed by atoms with E-state index in [1.165, 1.54) is 51.5 Å². The molecule has 0 bridgehead atoms. The van der Waals surface area contributed by atoms with E-state index in [1.807, 2.05) is 4.90 Å². The highest BCUT2D eigenvalue weighted by Crippen LogP contribution is 2.34. The summed E-state index contributed by atoms with van der Waals surface area (Å²) in [5.41, 5.74) is 1.36. The Labute approximate surface area is 229 Å². The van der Waals surface area contributed by atoms with Crippen LogP contribution in [0.4, 0.5) is 17.1 Å². The van der Waals surface area contributed by atoms with Crippen molar-refractivity contribution < 1.29 is 26.4 Å². The Kier molecular flexibility index (Phi) is 8.48. The number of para-hydroxylation sites is 2. The largest absolute Gasteiger partial charge is 0.495 e. The van der Waals surface area contributed by atoms with Gasteiger partial charge in [-0.1, -0.05) is 12.1 Å². The summed E-state index contributed by atoms with van der Waals surface area (Å²) in [4.78, 5) is 15.1. The lowest BCUT2D eigenvalue weighted by Gasteiger charge is -2.30. The number of hydrogen-bond acceptors (Lipinski definition) is 7. The van der Waals surface area contributed by atoms with Crippen LogP contribution >= 0.6 is 0 Å². The zero-order valence-corrected chi connectivity index (χ0v) is 23.7. The topological polar surface area (TPSA) is 125 Å². The van der Waals surface area contributed by atoms with Gasteiger partial charge in [-0.25, -0.2) is 21.1 Å². The lowest BCUT2D eigenvalue weighted by Crippen LogP contribution is -2.31. The van der Waals surface area contributed by atoms with E-state index in [2.05, 4.69) is 10.0 Å². The van der Waals surface area contributed by atoms with Gasteiger partial charge in [-0.3, -0.25) is 9.52 Å². The number of ether oxygens (including phenoxy) is 1. The Morgan fingerprint density at radius 2 is 1.56 bits per heavy atom. The number of sulfonamides is 2. The van der Waals surface area contributed by atoms with E-state index in [4.69, 9.17) is 4.74 Å². The minimum Gasteiger partial charge on any atom is -0.495 e. The number of amides is 1. The molecule has 2 N–H and O–H groups in total. The smallest absolute Gasteiger partial charge is 0.264 e. The third-order valence-corrected chi connectivity index (χ3v) is 9.67. The highest BCUT2D eigenvalue weighted by molar-refractivity contribution is 7.93. The van der Waals surface area contributed by atoms with Crippen LogP contribution in [0.25, 0.3) is 0 Å². The van der Waals surface area contributed by atoms with Crippen molar-refractivity contribution in [1.29, 1.82) is 0 Å². The molecular weight excluding hydrogens is 540 g/mol. The molecule has 0 aromatic heterocycles. The van der Waals surface area contributed by atoms with E-state index in [0.29, 0.717) is 17.1 Å². The summed E-state index contributed by atoms with van der Waals surface area (Å²) in [6.45, 7) is 1.45. The Morgan fingerprint density at radius 3 is 2.21 bits per heavy atom. The van der Waals surface area contributed by atoms with Crippen LogP contribution in [-0.4, -0.2) is 61.3 Å². The van der Waals surface area contributed by atoms with Gasteiger partial charge in [0.2, 0.25) is 10.0 Å². The first-order valence-corrected chi connectivity index (χ1v) is 15.3. The summed E-state index contributed by atoms with van der Waals surface area (Å²) in [5.74, 6) is -0.125. The van der Waals surface area contributed by atoms with Crippen LogP contribution in [-0.2, 0) is 20.0 Å². The summed E-state index contributed by atoms with van der Waals surface area (Å²) in [5, 5.41) is 2.73. The van der Waals surface area contributed by atoms with Gasteiger partial charge in [-0.2, -0.15) is 0 Å². The van der Waals surface area contributed by atoms with E-state index >= 15 is 0 Å². The molecule has 0 spiro atoms. The number of benzene rings is 3. The SMILES string of the molecule is COc1ccccc1NS(=O)(=O)c1cc(NC(=O)c2ccc(S(=O)(=O)N(C)C)cc2)ccc1N1CCCCC1. The molecule has 3 aromatic carbocycles. The van der Waals surface area contributed by atoms with Gasteiger partial charge < -0.3 is 15.0 Å². The number of nitrogens with one attached hydrogen (secondary N) is 2. The lowest BCUT2D eigenvalue weighted by molar-refractivity contribution is 0.102. The van der Waals surface area contributed by atoms with Crippen LogP contribution in [0.15, 0.2) is 76.5 Å². The van der Waals surface area contributed by atoms with Crippen molar-refractivity contribution in [3.63, 3.8) is 0 Å². The van der Waals surface area contributed by atoms with Gasteiger partial charge >= 0.3 is 0 Å². The second kappa shape index (κ2) is 11.6. The van der Waals surface area contributed by atoms with Crippen LogP contribution in [0.1, 0.15) is 29.6 Å². The van der Waals surface area contributed by atoms with E-state index in [9.17, 15) is 21.6 Å². The third-order valence-electron chi connectivity index (χ3n) is 6.45. The molecule has 1 fully saturated rings. The zero-order valence-electron chi connectivity index (χ0n) is 22.0. The Hall–Kier alpha value is -3.61. The molecule has 1 aliphatic heterocycles. The van der Waals surface area contributed by atoms with Crippen molar-refractivity contribution in [2.75, 3.05) is 49.2 Å². The minimum atomic E-state index is -4.07. The second-order valence-corrected chi connectivity index (χ2v) is 13.1. The molecule has 1 aliphatic rings.